The van der Waals surface area contributed by atoms with Crippen LogP contribution in [0.2, 0.25) is 0 Å². The molecule has 0 saturated carbocycles. The van der Waals surface area contributed by atoms with Crippen molar-refractivity contribution in [1.82, 2.24) is 24.6 Å². The molecule has 1 aliphatic rings. The number of nitrogens with zero attached hydrogens (tertiary/aromatic N) is 5. The molecule has 8 nitrogen and oxygen atoms in total. The first-order valence-electron chi connectivity index (χ1n) is 7.77. The second-order valence-corrected chi connectivity index (χ2v) is 6.69. The van der Waals surface area contributed by atoms with Crippen LogP contribution < -0.4 is 5.73 Å². The van der Waals surface area contributed by atoms with Gasteiger partial charge >= 0.3 is 0 Å². The topological polar surface area (TPSA) is 97.4 Å². The standard InChI is InChI=1S/C15H20N6O2S/c1-19-8-11(7-17-19)14-18-12(10-24-14)15(23)21-4-2-3-20(5-6-21)9-13(16)22/h7-8,10H,2-6,9H2,1H3,(H2,16,22). The van der Waals surface area contributed by atoms with Crippen LogP contribution in [0.5, 0.6) is 0 Å². The molecule has 0 aliphatic carbocycles. The fourth-order valence-electron chi connectivity index (χ4n) is 2.75. The molecule has 0 bridgehead atoms. The summed E-state index contributed by atoms with van der Waals surface area (Å²) in [7, 11) is 1.85. The molecule has 2 aromatic rings. The maximum Gasteiger partial charge on any atom is 0.273 e. The van der Waals surface area contributed by atoms with Gasteiger partial charge in [-0.1, -0.05) is 0 Å². The van der Waals surface area contributed by atoms with Gasteiger partial charge in [0.1, 0.15) is 10.7 Å². The first-order valence-corrected chi connectivity index (χ1v) is 8.65. The lowest BCUT2D eigenvalue weighted by Crippen LogP contribution is -2.38. The van der Waals surface area contributed by atoms with E-state index >= 15 is 0 Å². The maximum atomic E-state index is 12.7. The molecular formula is C15H20N6O2S. The molecule has 2 N–H and O–H groups in total. The van der Waals surface area contributed by atoms with Crippen molar-refractivity contribution in [3.8, 4) is 10.6 Å². The minimum absolute atomic E-state index is 0.0673. The molecule has 3 rings (SSSR count). The van der Waals surface area contributed by atoms with Crippen molar-refractivity contribution in [3.05, 3.63) is 23.5 Å². The summed E-state index contributed by atoms with van der Waals surface area (Å²) in [5.41, 5.74) is 6.61. The van der Waals surface area contributed by atoms with Gasteiger partial charge in [0.25, 0.3) is 5.91 Å². The van der Waals surface area contributed by atoms with E-state index in [0.29, 0.717) is 25.3 Å². The van der Waals surface area contributed by atoms with Gasteiger partial charge in [0, 0.05) is 50.4 Å². The van der Waals surface area contributed by atoms with Crippen molar-refractivity contribution < 1.29 is 9.59 Å². The second-order valence-electron chi connectivity index (χ2n) is 5.83. The Kier molecular flexibility index (Phi) is 4.91. The molecule has 1 aliphatic heterocycles. The minimum Gasteiger partial charge on any atom is -0.369 e. The third kappa shape index (κ3) is 3.80. The van der Waals surface area contributed by atoms with E-state index < -0.39 is 0 Å². The van der Waals surface area contributed by atoms with Crippen molar-refractivity contribution >= 4 is 23.2 Å². The average Bonchev–Trinajstić information content (AvgIpc) is 3.12. The summed E-state index contributed by atoms with van der Waals surface area (Å²) in [6, 6.07) is 0. The Balaban J connectivity index is 1.66. The number of nitrogens with two attached hydrogens (primary N) is 1. The van der Waals surface area contributed by atoms with Gasteiger partial charge in [0.05, 0.1) is 12.7 Å². The van der Waals surface area contributed by atoms with Crippen molar-refractivity contribution in [2.75, 3.05) is 32.7 Å². The van der Waals surface area contributed by atoms with Gasteiger partial charge in [0.15, 0.2) is 0 Å². The van der Waals surface area contributed by atoms with E-state index in [0.717, 1.165) is 23.5 Å². The number of hydrogen-bond donors (Lipinski definition) is 1. The van der Waals surface area contributed by atoms with Gasteiger partial charge in [-0.3, -0.25) is 19.2 Å². The first-order chi connectivity index (χ1) is 11.5. The molecule has 0 spiro atoms. The van der Waals surface area contributed by atoms with Gasteiger partial charge in [-0.05, 0) is 6.42 Å². The maximum absolute atomic E-state index is 12.7. The fourth-order valence-corrected chi connectivity index (χ4v) is 3.52. The highest BCUT2D eigenvalue weighted by Gasteiger charge is 2.23. The molecule has 1 fully saturated rings. The summed E-state index contributed by atoms with van der Waals surface area (Å²) in [6.07, 6.45) is 4.43. The predicted molar refractivity (Wildman–Crippen MR) is 90.5 cm³/mol. The number of hydrogen-bond acceptors (Lipinski definition) is 6. The number of thiazole rings is 1. The molecule has 9 heteroatoms. The lowest BCUT2D eigenvalue weighted by Gasteiger charge is -2.20. The summed E-state index contributed by atoms with van der Waals surface area (Å²) in [5, 5.41) is 6.70. The number of aromatic nitrogens is 3. The SMILES string of the molecule is Cn1cc(-c2nc(C(=O)N3CCCN(CC(N)=O)CC3)cs2)cn1. The fraction of sp³-hybridized carbons (Fsp3) is 0.467. The Morgan fingerprint density at radius 3 is 2.83 bits per heavy atom. The van der Waals surface area contributed by atoms with Crippen LogP contribution in [0.25, 0.3) is 10.6 Å². The first kappa shape index (κ1) is 16.6. The van der Waals surface area contributed by atoms with Gasteiger partial charge in [0.2, 0.25) is 5.91 Å². The molecule has 2 aromatic heterocycles. The van der Waals surface area contributed by atoms with Crippen molar-refractivity contribution in [1.29, 1.82) is 0 Å². The van der Waals surface area contributed by atoms with Crippen LogP contribution in [-0.4, -0.2) is 69.1 Å². The largest absolute Gasteiger partial charge is 0.369 e. The number of rotatable bonds is 4. The lowest BCUT2D eigenvalue weighted by atomic mass is 10.3. The van der Waals surface area contributed by atoms with E-state index in [9.17, 15) is 9.59 Å². The number of aryl methyl sites for hydroxylation is 1. The zero-order valence-electron chi connectivity index (χ0n) is 13.5. The molecule has 0 unspecified atom stereocenters. The van der Waals surface area contributed by atoms with Crippen LogP contribution in [0.4, 0.5) is 0 Å². The second kappa shape index (κ2) is 7.10. The Morgan fingerprint density at radius 1 is 1.29 bits per heavy atom. The number of primary amides is 1. The summed E-state index contributed by atoms with van der Waals surface area (Å²) in [5.74, 6) is -0.405. The zero-order valence-corrected chi connectivity index (χ0v) is 14.3. The number of carbonyl (C=O) groups is 2. The monoisotopic (exact) mass is 348 g/mol. The van der Waals surface area contributed by atoms with Gasteiger partial charge in [-0.25, -0.2) is 4.98 Å². The Labute approximate surface area is 143 Å². The molecule has 0 aromatic carbocycles. The van der Waals surface area contributed by atoms with Crippen LogP contribution in [0, 0.1) is 0 Å². The van der Waals surface area contributed by atoms with Gasteiger partial charge < -0.3 is 10.6 Å². The van der Waals surface area contributed by atoms with Crippen LogP contribution in [-0.2, 0) is 11.8 Å². The van der Waals surface area contributed by atoms with E-state index in [1.165, 1.54) is 11.3 Å². The summed E-state index contributed by atoms with van der Waals surface area (Å²) >= 11 is 1.44. The molecule has 24 heavy (non-hydrogen) atoms. The molecule has 0 atom stereocenters. The van der Waals surface area contributed by atoms with E-state index in [2.05, 4.69) is 10.1 Å². The highest BCUT2D eigenvalue weighted by molar-refractivity contribution is 7.13. The van der Waals surface area contributed by atoms with E-state index in [4.69, 9.17) is 5.73 Å². The minimum atomic E-state index is -0.338. The highest BCUT2D eigenvalue weighted by atomic mass is 32.1. The summed E-state index contributed by atoms with van der Waals surface area (Å²) < 4.78 is 1.71. The Morgan fingerprint density at radius 2 is 2.12 bits per heavy atom. The molecule has 0 radical (unpaired) electrons. The normalized spacial score (nSPS) is 16.1. The predicted octanol–water partition coefficient (Wildman–Crippen LogP) is 0.177. The number of carbonyl (C=O) groups excluding carboxylic acids is 2. The summed E-state index contributed by atoms with van der Waals surface area (Å²) in [6.45, 7) is 2.89. The molecule has 2 amide bonds. The third-order valence-corrected chi connectivity index (χ3v) is 4.82. The third-order valence-electron chi connectivity index (χ3n) is 3.93. The molecule has 128 valence electrons. The Bertz CT molecular complexity index is 740. The van der Waals surface area contributed by atoms with Crippen molar-refractivity contribution in [2.24, 2.45) is 12.8 Å². The average molecular weight is 348 g/mol. The molecule has 3 heterocycles. The zero-order chi connectivity index (χ0) is 17.1. The van der Waals surface area contributed by atoms with E-state index in [1.54, 1.807) is 21.2 Å². The van der Waals surface area contributed by atoms with E-state index in [-0.39, 0.29) is 18.4 Å². The highest BCUT2D eigenvalue weighted by Crippen LogP contribution is 2.23. The van der Waals surface area contributed by atoms with Crippen LogP contribution in [0.15, 0.2) is 17.8 Å². The van der Waals surface area contributed by atoms with Crippen LogP contribution in [0.3, 0.4) is 0 Å². The smallest absolute Gasteiger partial charge is 0.273 e. The van der Waals surface area contributed by atoms with Crippen molar-refractivity contribution in [2.45, 2.75) is 6.42 Å². The summed E-state index contributed by atoms with van der Waals surface area (Å²) in [4.78, 5) is 31.9. The molecular weight excluding hydrogens is 328 g/mol. The lowest BCUT2D eigenvalue weighted by molar-refractivity contribution is -0.119. The van der Waals surface area contributed by atoms with Crippen LogP contribution >= 0.6 is 11.3 Å². The van der Waals surface area contributed by atoms with Crippen molar-refractivity contribution in [3.63, 3.8) is 0 Å². The number of amides is 2. The quantitative estimate of drug-likeness (QED) is 0.850. The van der Waals surface area contributed by atoms with Gasteiger partial charge in [-0.2, -0.15) is 5.10 Å². The van der Waals surface area contributed by atoms with Crippen LogP contribution in [0.1, 0.15) is 16.9 Å². The van der Waals surface area contributed by atoms with Gasteiger partial charge in [-0.15, -0.1) is 11.3 Å². The Hall–Kier alpha value is -2.26. The van der Waals surface area contributed by atoms with E-state index in [1.807, 2.05) is 18.1 Å². The molecule has 1 saturated heterocycles.